The molecular weight excluding hydrogens is 340 g/mol. The van der Waals surface area contributed by atoms with Crippen LogP contribution < -0.4 is 11.2 Å². The van der Waals surface area contributed by atoms with E-state index in [4.69, 9.17) is 0 Å². The van der Waals surface area contributed by atoms with Crippen LogP contribution >= 0.6 is 0 Å². The number of aromatic amines is 2. The van der Waals surface area contributed by atoms with E-state index in [9.17, 15) is 9.59 Å². The van der Waals surface area contributed by atoms with Crippen LogP contribution in [-0.4, -0.2) is 51.5 Å². The van der Waals surface area contributed by atoms with Crippen LogP contribution in [0.4, 0.5) is 0 Å². The summed E-state index contributed by atoms with van der Waals surface area (Å²) in [6.45, 7) is 5.78. The number of fused-ring (bicyclic) bond motifs is 2. The first-order valence-electron chi connectivity index (χ1n) is 9.97. The summed E-state index contributed by atoms with van der Waals surface area (Å²) in [5.74, 6) is 1.18. The van der Waals surface area contributed by atoms with Crippen LogP contribution in [0, 0.1) is 12.8 Å². The second-order valence-corrected chi connectivity index (χ2v) is 8.31. The van der Waals surface area contributed by atoms with Gasteiger partial charge < -0.3 is 4.98 Å². The lowest BCUT2D eigenvalue weighted by Crippen LogP contribution is -2.60. The van der Waals surface area contributed by atoms with Crippen LogP contribution in [-0.2, 0) is 6.54 Å². The van der Waals surface area contributed by atoms with Crippen molar-refractivity contribution in [3.8, 4) is 0 Å². The summed E-state index contributed by atoms with van der Waals surface area (Å²) >= 11 is 0. The Kier molecular flexibility index (Phi) is 4.06. The van der Waals surface area contributed by atoms with Gasteiger partial charge in [-0.05, 0) is 44.3 Å². The topological polar surface area (TPSA) is 72.2 Å². The van der Waals surface area contributed by atoms with Crippen LogP contribution in [0.25, 0.3) is 0 Å². The zero-order valence-electron chi connectivity index (χ0n) is 15.6. The van der Waals surface area contributed by atoms with Gasteiger partial charge in [0, 0.05) is 36.8 Å². The number of aryl methyl sites for hydroxylation is 1. The van der Waals surface area contributed by atoms with Gasteiger partial charge in [-0.2, -0.15) is 0 Å². The molecule has 5 heterocycles. The molecule has 6 heteroatoms. The quantitative estimate of drug-likeness (QED) is 0.862. The molecule has 1 aromatic heterocycles. The minimum atomic E-state index is -0.425. The van der Waals surface area contributed by atoms with Gasteiger partial charge in [0.1, 0.15) is 0 Å². The Morgan fingerprint density at radius 1 is 1.04 bits per heavy atom. The van der Waals surface area contributed by atoms with E-state index in [1.165, 1.54) is 31.5 Å². The van der Waals surface area contributed by atoms with Gasteiger partial charge in [-0.25, -0.2) is 4.79 Å². The summed E-state index contributed by atoms with van der Waals surface area (Å²) in [7, 11) is 0. The van der Waals surface area contributed by atoms with Crippen LogP contribution in [0.1, 0.15) is 35.6 Å². The van der Waals surface area contributed by atoms with E-state index < -0.39 is 5.69 Å². The lowest BCUT2D eigenvalue weighted by molar-refractivity contribution is -0.00886. The second-order valence-electron chi connectivity index (χ2n) is 8.31. The van der Waals surface area contributed by atoms with Crippen molar-refractivity contribution >= 4 is 0 Å². The molecule has 0 amide bonds. The van der Waals surface area contributed by atoms with E-state index in [-0.39, 0.29) is 5.56 Å². The Morgan fingerprint density at radius 3 is 2.48 bits per heavy atom. The van der Waals surface area contributed by atoms with Gasteiger partial charge in [0.15, 0.2) is 0 Å². The maximum absolute atomic E-state index is 12.4. The van der Waals surface area contributed by atoms with Crippen molar-refractivity contribution in [3.63, 3.8) is 0 Å². The molecule has 4 saturated heterocycles. The molecule has 1 aromatic carbocycles. The third-order valence-electron chi connectivity index (χ3n) is 6.94. The predicted octanol–water partition coefficient (Wildman–Crippen LogP) is 1.43. The molecule has 0 saturated carbocycles. The zero-order valence-corrected chi connectivity index (χ0v) is 15.6. The van der Waals surface area contributed by atoms with Crippen molar-refractivity contribution in [2.75, 3.05) is 19.6 Å². The molecule has 2 bridgehead atoms. The summed E-state index contributed by atoms with van der Waals surface area (Å²) in [6.07, 6.45) is 2.50. The largest absolute Gasteiger partial charge is 0.325 e. The third-order valence-corrected chi connectivity index (χ3v) is 6.94. The van der Waals surface area contributed by atoms with Gasteiger partial charge >= 0.3 is 5.69 Å². The van der Waals surface area contributed by atoms with Gasteiger partial charge in [0.2, 0.25) is 0 Å². The first kappa shape index (κ1) is 17.0. The van der Waals surface area contributed by atoms with Crippen LogP contribution in [0.3, 0.4) is 0 Å². The Bertz CT molecular complexity index is 943. The lowest BCUT2D eigenvalue weighted by Gasteiger charge is -2.51. The summed E-state index contributed by atoms with van der Waals surface area (Å²) in [5.41, 5.74) is 2.10. The van der Waals surface area contributed by atoms with Gasteiger partial charge in [0.05, 0.1) is 5.56 Å². The molecule has 0 spiro atoms. The minimum absolute atomic E-state index is 0.253. The smallest absolute Gasteiger partial charge is 0.311 e. The summed E-state index contributed by atoms with van der Waals surface area (Å²) < 4.78 is 0. The molecular formula is C21H26N4O2. The van der Waals surface area contributed by atoms with E-state index >= 15 is 0 Å². The average molecular weight is 366 g/mol. The number of benzene rings is 1. The molecule has 2 aromatic rings. The Balaban J connectivity index is 1.52. The number of rotatable bonds is 3. The highest BCUT2D eigenvalue weighted by molar-refractivity contribution is 5.27. The molecule has 4 aliphatic rings. The van der Waals surface area contributed by atoms with Crippen LogP contribution in [0.2, 0.25) is 0 Å². The zero-order chi connectivity index (χ0) is 18.5. The van der Waals surface area contributed by atoms with Crippen molar-refractivity contribution in [1.82, 2.24) is 19.8 Å². The number of nitrogens with one attached hydrogen (secondary N) is 2. The molecule has 142 valence electrons. The van der Waals surface area contributed by atoms with E-state index in [1.54, 1.807) is 0 Å². The Morgan fingerprint density at radius 2 is 1.78 bits per heavy atom. The number of piperidine rings is 3. The normalized spacial score (nSPS) is 32.6. The number of likely N-dealkylation sites (tertiary alicyclic amines) is 1. The molecule has 3 atom stereocenters. The standard InChI is InChI=1S/C21H26N4O2/c1-13-16(20(26)23-21(27)22-13)11-25-12-17(14-5-3-2-4-6-14)19-18(25)15-7-9-24(19)10-8-15/h2-6,15,17-19H,7-12H2,1H3,(H2,22,23,26,27)/t17-,18+,19+/m0/s1. The third kappa shape index (κ3) is 2.78. The molecule has 6 nitrogen and oxygen atoms in total. The molecule has 6 rings (SSSR count). The predicted molar refractivity (Wildman–Crippen MR) is 104 cm³/mol. The van der Waals surface area contributed by atoms with Gasteiger partial charge in [-0.3, -0.25) is 19.6 Å². The van der Waals surface area contributed by atoms with Gasteiger partial charge in [-0.1, -0.05) is 30.3 Å². The maximum Gasteiger partial charge on any atom is 0.325 e. The summed E-state index contributed by atoms with van der Waals surface area (Å²) in [5, 5.41) is 0. The second kappa shape index (κ2) is 6.46. The average Bonchev–Trinajstić information content (AvgIpc) is 3.08. The molecule has 2 N–H and O–H groups in total. The number of hydrogen-bond donors (Lipinski definition) is 2. The monoisotopic (exact) mass is 366 g/mol. The van der Waals surface area contributed by atoms with Crippen LogP contribution in [0.5, 0.6) is 0 Å². The van der Waals surface area contributed by atoms with E-state index in [0.717, 1.165) is 6.54 Å². The van der Waals surface area contributed by atoms with Crippen molar-refractivity contribution < 1.29 is 0 Å². The SMILES string of the molecule is Cc1[nH]c(=O)[nH]c(=O)c1CN1C[C@@H](c2ccccc2)[C@@H]2[C@H]1C1CCN2CC1. The van der Waals surface area contributed by atoms with E-state index in [2.05, 4.69) is 50.1 Å². The van der Waals surface area contributed by atoms with Gasteiger partial charge in [0.25, 0.3) is 5.56 Å². The fourth-order valence-corrected chi connectivity index (χ4v) is 5.74. The van der Waals surface area contributed by atoms with Gasteiger partial charge in [-0.15, -0.1) is 0 Å². The van der Waals surface area contributed by atoms with E-state index in [0.29, 0.717) is 41.7 Å². The molecule has 0 radical (unpaired) electrons. The molecule has 0 aliphatic carbocycles. The maximum atomic E-state index is 12.4. The number of aromatic nitrogens is 2. The number of hydrogen-bond acceptors (Lipinski definition) is 4. The Hall–Kier alpha value is -2.18. The molecule has 4 aliphatic heterocycles. The summed E-state index contributed by atoms with van der Waals surface area (Å²) in [6, 6.07) is 11.8. The number of nitrogens with zero attached hydrogens (tertiary/aromatic N) is 2. The molecule has 27 heavy (non-hydrogen) atoms. The number of H-pyrrole nitrogens is 2. The summed E-state index contributed by atoms with van der Waals surface area (Å²) in [4.78, 5) is 34.3. The fraction of sp³-hybridized carbons (Fsp3) is 0.524. The minimum Gasteiger partial charge on any atom is -0.311 e. The van der Waals surface area contributed by atoms with Crippen LogP contribution in [0.15, 0.2) is 39.9 Å². The van der Waals surface area contributed by atoms with Crippen molar-refractivity contribution in [3.05, 3.63) is 68.0 Å². The fourth-order valence-electron chi connectivity index (χ4n) is 5.74. The van der Waals surface area contributed by atoms with Crippen molar-refractivity contribution in [2.24, 2.45) is 5.92 Å². The van der Waals surface area contributed by atoms with Crippen molar-refractivity contribution in [2.45, 2.75) is 44.3 Å². The highest BCUT2D eigenvalue weighted by Gasteiger charge is 2.53. The first-order valence-corrected chi connectivity index (χ1v) is 9.97. The highest BCUT2D eigenvalue weighted by atomic mass is 16.2. The van der Waals surface area contributed by atoms with Crippen molar-refractivity contribution in [1.29, 1.82) is 0 Å². The molecule has 4 fully saturated rings. The first-order chi connectivity index (χ1) is 13.1. The molecule has 0 unspecified atom stereocenters. The highest BCUT2D eigenvalue weighted by Crippen LogP contribution is 2.46. The van der Waals surface area contributed by atoms with E-state index in [1.807, 2.05) is 6.92 Å². The Labute approximate surface area is 158 Å². The lowest BCUT2D eigenvalue weighted by atomic mass is 9.75.